The van der Waals surface area contributed by atoms with Gasteiger partial charge in [0.2, 0.25) is 0 Å². The molecule has 1 aliphatic heterocycles. The van der Waals surface area contributed by atoms with Gasteiger partial charge in [0.1, 0.15) is 16.7 Å². The Balaban J connectivity index is 1.63. The molecule has 2 aromatic carbocycles. The second-order valence-corrected chi connectivity index (χ2v) is 7.61. The molecule has 1 aliphatic rings. The number of carbonyl (C=O) groups is 1. The van der Waals surface area contributed by atoms with Crippen molar-refractivity contribution in [3.05, 3.63) is 65.7 Å². The van der Waals surface area contributed by atoms with E-state index in [-0.39, 0.29) is 16.9 Å². The summed E-state index contributed by atoms with van der Waals surface area (Å²) in [7, 11) is 0. The van der Waals surface area contributed by atoms with Crippen molar-refractivity contribution in [3.8, 4) is 0 Å². The van der Waals surface area contributed by atoms with Crippen molar-refractivity contribution in [2.45, 2.75) is 28.9 Å². The molecule has 0 saturated carbocycles. The van der Waals surface area contributed by atoms with Crippen LogP contribution in [-0.2, 0) is 4.74 Å². The average Bonchev–Trinajstić information content (AvgIpc) is 3.21. The number of rotatable bonds is 5. The van der Waals surface area contributed by atoms with Gasteiger partial charge in [-0.2, -0.15) is 0 Å². The maximum atomic E-state index is 14.0. The summed E-state index contributed by atoms with van der Waals surface area (Å²) in [5.41, 5.74) is 1.10. The molecule has 1 amide bonds. The number of benzene rings is 2. The van der Waals surface area contributed by atoms with E-state index in [0.29, 0.717) is 22.7 Å². The molecule has 0 spiro atoms. The largest absolute Gasteiger partial charge is 0.376 e. The van der Waals surface area contributed by atoms with Crippen molar-refractivity contribution in [1.29, 1.82) is 0 Å². The average molecular weight is 400 g/mol. The number of amides is 1. The van der Waals surface area contributed by atoms with Crippen LogP contribution >= 0.6 is 11.8 Å². The van der Waals surface area contributed by atoms with Gasteiger partial charge in [-0.3, -0.25) is 4.79 Å². The van der Waals surface area contributed by atoms with Gasteiger partial charge in [-0.25, -0.2) is 13.8 Å². The third kappa shape index (κ3) is 4.15. The Morgan fingerprint density at radius 3 is 2.86 bits per heavy atom. The Kier molecular flexibility index (Phi) is 5.54. The van der Waals surface area contributed by atoms with Gasteiger partial charge in [0.05, 0.1) is 17.2 Å². The Labute approximate surface area is 165 Å². The van der Waals surface area contributed by atoms with Crippen molar-refractivity contribution >= 4 is 28.6 Å². The van der Waals surface area contributed by atoms with Crippen molar-refractivity contribution in [2.75, 3.05) is 13.2 Å². The number of hydrogen-bond acceptors (Lipinski definition) is 4. The van der Waals surface area contributed by atoms with E-state index in [4.69, 9.17) is 4.74 Å². The Bertz CT molecular complexity index is 1020. The van der Waals surface area contributed by atoms with Crippen LogP contribution in [0.5, 0.6) is 0 Å². The van der Waals surface area contributed by atoms with Crippen molar-refractivity contribution in [3.63, 3.8) is 0 Å². The molecule has 2 heterocycles. The number of aromatic nitrogens is 1. The first kappa shape index (κ1) is 18.8. The maximum absolute atomic E-state index is 14.0. The summed E-state index contributed by atoms with van der Waals surface area (Å²) in [4.78, 5) is 17.6. The molecule has 1 aromatic heterocycles. The van der Waals surface area contributed by atoms with Crippen LogP contribution in [0.3, 0.4) is 0 Å². The SMILES string of the molecule is O=C(NC[C@H]1CCCO1)c1cc(Sc2ccc(F)cc2F)nc2ccccc12. The van der Waals surface area contributed by atoms with Crippen molar-refractivity contribution < 1.29 is 18.3 Å². The van der Waals surface area contributed by atoms with Crippen LogP contribution in [0.4, 0.5) is 8.78 Å². The predicted octanol–water partition coefficient (Wildman–Crippen LogP) is 4.57. The first-order chi connectivity index (χ1) is 13.6. The zero-order valence-corrected chi connectivity index (χ0v) is 15.8. The lowest BCUT2D eigenvalue weighted by Gasteiger charge is -2.13. The molecule has 3 aromatic rings. The molecule has 144 valence electrons. The highest BCUT2D eigenvalue weighted by molar-refractivity contribution is 7.99. The highest BCUT2D eigenvalue weighted by atomic mass is 32.2. The normalized spacial score (nSPS) is 16.4. The van der Waals surface area contributed by atoms with Gasteiger partial charge < -0.3 is 10.1 Å². The molecule has 7 heteroatoms. The summed E-state index contributed by atoms with van der Waals surface area (Å²) in [6.07, 6.45) is 1.98. The minimum absolute atomic E-state index is 0.0409. The minimum atomic E-state index is -0.663. The van der Waals surface area contributed by atoms with E-state index in [1.54, 1.807) is 12.1 Å². The number of para-hydroxylation sites is 1. The van der Waals surface area contributed by atoms with E-state index >= 15 is 0 Å². The van der Waals surface area contributed by atoms with Crippen LogP contribution in [-0.4, -0.2) is 30.1 Å². The second-order valence-electron chi connectivity index (χ2n) is 6.55. The zero-order valence-electron chi connectivity index (χ0n) is 15.0. The van der Waals surface area contributed by atoms with E-state index in [1.807, 2.05) is 18.2 Å². The molecule has 1 fully saturated rings. The van der Waals surface area contributed by atoms with Gasteiger partial charge in [0.25, 0.3) is 5.91 Å². The number of nitrogens with zero attached hydrogens (tertiary/aromatic N) is 1. The summed E-state index contributed by atoms with van der Waals surface area (Å²) >= 11 is 1.06. The number of halogens is 2. The van der Waals surface area contributed by atoms with Gasteiger partial charge in [-0.05, 0) is 37.1 Å². The van der Waals surface area contributed by atoms with E-state index in [9.17, 15) is 13.6 Å². The molecule has 4 nitrogen and oxygen atoms in total. The van der Waals surface area contributed by atoms with Gasteiger partial charge in [-0.15, -0.1) is 0 Å². The summed E-state index contributed by atoms with van der Waals surface area (Å²) in [5, 5.41) is 4.10. The van der Waals surface area contributed by atoms with E-state index in [0.717, 1.165) is 42.7 Å². The van der Waals surface area contributed by atoms with Crippen LogP contribution in [0.2, 0.25) is 0 Å². The summed E-state index contributed by atoms with van der Waals surface area (Å²) in [6, 6.07) is 12.3. The van der Waals surface area contributed by atoms with E-state index in [1.165, 1.54) is 12.1 Å². The maximum Gasteiger partial charge on any atom is 0.252 e. The van der Waals surface area contributed by atoms with Gasteiger partial charge in [0.15, 0.2) is 0 Å². The highest BCUT2D eigenvalue weighted by Gasteiger charge is 2.19. The van der Waals surface area contributed by atoms with Gasteiger partial charge in [0, 0.05) is 29.5 Å². The topological polar surface area (TPSA) is 51.2 Å². The molecule has 0 radical (unpaired) electrons. The van der Waals surface area contributed by atoms with Gasteiger partial charge in [-0.1, -0.05) is 30.0 Å². The number of nitrogens with one attached hydrogen (secondary N) is 1. The van der Waals surface area contributed by atoms with Crippen molar-refractivity contribution in [1.82, 2.24) is 10.3 Å². The first-order valence-electron chi connectivity index (χ1n) is 9.02. The molecule has 0 aliphatic carbocycles. The van der Waals surface area contributed by atoms with Crippen LogP contribution in [0.25, 0.3) is 10.9 Å². The second kappa shape index (κ2) is 8.24. The number of pyridine rings is 1. The highest BCUT2D eigenvalue weighted by Crippen LogP contribution is 2.31. The zero-order chi connectivity index (χ0) is 19.5. The smallest absolute Gasteiger partial charge is 0.252 e. The molecule has 1 atom stereocenters. The third-order valence-corrected chi connectivity index (χ3v) is 5.53. The van der Waals surface area contributed by atoms with Gasteiger partial charge >= 0.3 is 0 Å². The molecule has 1 N–H and O–H groups in total. The monoisotopic (exact) mass is 400 g/mol. The lowest BCUT2D eigenvalue weighted by molar-refractivity contribution is 0.0859. The number of ether oxygens (including phenoxy) is 1. The van der Waals surface area contributed by atoms with Crippen LogP contribution in [0.15, 0.2) is 58.5 Å². The Morgan fingerprint density at radius 2 is 2.07 bits per heavy atom. The molecule has 0 bridgehead atoms. The number of fused-ring (bicyclic) bond motifs is 1. The quantitative estimate of drug-likeness (QED) is 0.682. The van der Waals surface area contributed by atoms with Crippen LogP contribution < -0.4 is 5.32 Å². The molecule has 4 rings (SSSR count). The molecule has 1 saturated heterocycles. The van der Waals surface area contributed by atoms with Crippen molar-refractivity contribution in [2.24, 2.45) is 0 Å². The summed E-state index contributed by atoms with van der Waals surface area (Å²) in [5.74, 6) is -1.53. The van der Waals surface area contributed by atoms with Crippen LogP contribution in [0.1, 0.15) is 23.2 Å². The van der Waals surface area contributed by atoms with E-state index in [2.05, 4.69) is 10.3 Å². The molecular weight excluding hydrogens is 382 g/mol. The Hall–Kier alpha value is -2.51. The lowest BCUT2D eigenvalue weighted by Crippen LogP contribution is -2.31. The predicted molar refractivity (Wildman–Crippen MR) is 104 cm³/mol. The summed E-state index contributed by atoms with van der Waals surface area (Å²) < 4.78 is 32.7. The standard InChI is InChI=1S/C21H18F2N2O2S/c22-13-7-8-19(17(23)10-13)28-20-11-16(15-5-1-2-6-18(15)25-20)21(26)24-12-14-4-3-9-27-14/h1-2,5-8,10-11,14H,3-4,9,12H2,(H,24,26)/t14-/m1/s1. The first-order valence-corrected chi connectivity index (χ1v) is 9.84. The fourth-order valence-corrected chi connectivity index (χ4v) is 4.01. The molecule has 0 unspecified atom stereocenters. The van der Waals surface area contributed by atoms with E-state index < -0.39 is 11.6 Å². The number of carbonyl (C=O) groups excluding carboxylic acids is 1. The third-order valence-electron chi connectivity index (χ3n) is 4.56. The lowest BCUT2D eigenvalue weighted by atomic mass is 10.1. The fourth-order valence-electron chi connectivity index (χ4n) is 3.17. The molecule has 28 heavy (non-hydrogen) atoms. The summed E-state index contributed by atoms with van der Waals surface area (Å²) in [6.45, 7) is 1.17. The fraction of sp³-hybridized carbons (Fsp3) is 0.238. The number of hydrogen-bond donors (Lipinski definition) is 1. The molecular formula is C21H18F2N2O2S. The Morgan fingerprint density at radius 1 is 1.21 bits per heavy atom. The van der Waals surface area contributed by atoms with Crippen LogP contribution in [0, 0.1) is 11.6 Å². The minimum Gasteiger partial charge on any atom is -0.376 e.